The molecule has 0 unspecified atom stereocenters. The number of amides is 2. The molecule has 0 bridgehead atoms. The molecule has 0 aliphatic heterocycles. The first-order valence-corrected chi connectivity index (χ1v) is 11.1. The Balaban J connectivity index is 1.75. The second-order valence-electron chi connectivity index (χ2n) is 7.47. The van der Waals surface area contributed by atoms with E-state index in [0.717, 1.165) is 0 Å². The topological polar surface area (TPSA) is 111 Å². The minimum absolute atomic E-state index is 0.0175. The van der Waals surface area contributed by atoms with Crippen molar-refractivity contribution < 1.29 is 23.8 Å². The van der Waals surface area contributed by atoms with Gasteiger partial charge < -0.3 is 20.5 Å². The van der Waals surface area contributed by atoms with E-state index < -0.39 is 11.7 Å². The van der Waals surface area contributed by atoms with Gasteiger partial charge in [0.25, 0.3) is 5.91 Å². The predicted molar refractivity (Wildman–Crippen MR) is 131 cm³/mol. The van der Waals surface area contributed by atoms with Crippen LogP contribution in [0.3, 0.4) is 0 Å². The van der Waals surface area contributed by atoms with E-state index in [9.17, 15) is 9.59 Å². The fraction of sp³-hybridized carbons (Fsp3) is 0.160. The van der Waals surface area contributed by atoms with E-state index in [1.807, 2.05) is 6.07 Å². The first kappa shape index (κ1) is 26.0. The van der Waals surface area contributed by atoms with Gasteiger partial charge in [-0.3, -0.25) is 9.59 Å². The van der Waals surface area contributed by atoms with Gasteiger partial charge in [-0.2, -0.15) is 5.26 Å². The third-order valence-corrected chi connectivity index (χ3v) is 5.38. The summed E-state index contributed by atoms with van der Waals surface area (Å²) in [7, 11) is 0. The van der Waals surface area contributed by atoms with Crippen molar-refractivity contribution in [3.8, 4) is 17.6 Å². The van der Waals surface area contributed by atoms with Crippen molar-refractivity contribution in [3.05, 3.63) is 86.6 Å². The van der Waals surface area contributed by atoms with Crippen molar-refractivity contribution in [2.24, 2.45) is 0 Å². The number of halogens is 3. The van der Waals surface area contributed by atoms with E-state index >= 15 is 4.39 Å². The number of carbonyl (C=O) groups is 2. The van der Waals surface area contributed by atoms with Crippen LogP contribution in [0.1, 0.15) is 27.0 Å². The summed E-state index contributed by atoms with van der Waals surface area (Å²) in [4.78, 5) is 24.6. The van der Waals surface area contributed by atoms with Gasteiger partial charge in [0.05, 0.1) is 29.7 Å². The van der Waals surface area contributed by atoms with Crippen LogP contribution >= 0.6 is 23.2 Å². The number of ether oxygens (including phenoxy) is 1. The van der Waals surface area contributed by atoms with Crippen molar-refractivity contribution in [3.63, 3.8) is 0 Å². The maximum absolute atomic E-state index is 15.2. The molecule has 0 atom stereocenters. The molecule has 0 spiro atoms. The largest absolute Gasteiger partial charge is 0.453 e. The Labute approximate surface area is 211 Å². The lowest BCUT2D eigenvalue weighted by Gasteiger charge is -2.13. The van der Waals surface area contributed by atoms with Gasteiger partial charge in [0.15, 0.2) is 11.6 Å². The molecule has 3 N–H and O–H groups in total. The Morgan fingerprint density at radius 2 is 1.91 bits per heavy atom. The molecular formula is C25H20Cl2FN3O4. The number of nitrogens with zero attached hydrogens (tertiary/aromatic N) is 1. The predicted octanol–water partition coefficient (Wildman–Crippen LogP) is 5.01. The second-order valence-corrected chi connectivity index (χ2v) is 8.32. The minimum atomic E-state index is -0.821. The van der Waals surface area contributed by atoms with E-state index in [1.54, 1.807) is 19.1 Å². The molecule has 35 heavy (non-hydrogen) atoms. The Bertz CT molecular complexity index is 1320. The Morgan fingerprint density at radius 1 is 1.14 bits per heavy atom. The average molecular weight is 516 g/mol. The smallest absolute Gasteiger partial charge is 0.251 e. The molecule has 2 amide bonds. The molecule has 3 aromatic carbocycles. The van der Waals surface area contributed by atoms with Crippen LogP contribution in [0, 0.1) is 24.1 Å². The van der Waals surface area contributed by atoms with Gasteiger partial charge in [-0.25, -0.2) is 4.39 Å². The number of anilines is 1. The van der Waals surface area contributed by atoms with Gasteiger partial charge in [0.2, 0.25) is 5.91 Å². The standard InChI is InChI=1S/C25H20Cl2FN3O4/c1-14-8-17(25(34)30-6-7-32)3-5-21(14)31-22(33)11-16-2-4-20(27)24(23(16)28)35-19-10-15(13-29)9-18(26)12-19/h2-5,8-10,12,32H,6-7,11H2,1H3,(H,30,34)(H,31,33). The molecule has 3 rings (SSSR count). The summed E-state index contributed by atoms with van der Waals surface area (Å²) >= 11 is 12.1. The van der Waals surface area contributed by atoms with Gasteiger partial charge in [-0.1, -0.05) is 29.3 Å². The summed E-state index contributed by atoms with van der Waals surface area (Å²) in [5, 5.41) is 23.4. The minimum Gasteiger partial charge on any atom is -0.453 e. The summed E-state index contributed by atoms with van der Waals surface area (Å²) < 4.78 is 20.7. The van der Waals surface area contributed by atoms with Gasteiger partial charge in [0.1, 0.15) is 5.75 Å². The van der Waals surface area contributed by atoms with Crippen molar-refractivity contribution in [2.45, 2.75) is 13.3 Å². The highest BCUT2D eigenvalue weighted by Crippen LogP contribution is 2.35. The maximum Gasteiger partial charge on any atom is 0.251 e. The summed E-state index contributed by atoms with van der Waals surface area (Å²) in [6, 6.07) is 13.6. The highest BCUT2D eigenvalue weighted by atomic mass is 35.5. The third-order valence-electron chi connectivity index (χ3n) is 4.86. The number of rotatable bonds is 8. The van der Waals surface area contributed by atoms with Crippen molar-refractivity contribution in [2.75, 3.05) is 18.5 Å². The molecule has 0 aliphatic carbocycles. The van der Waals surface area contributed by atoms with Crippen LogP contribution in [-0.2, 0) is 11.2 Å². The first-order valence-electron chi connectivity index (χ1n) is 10.4. The SMILES string of the molecule is Cc1cc(C(=O)NCCO)ccc1NC(=O)Cc1ccc(Cl)c(Oc2cc(Cl)cc(C#N)c2)c1F. The van der Waals surface area contributed by atoms with Crippen molar-refractivity contribution >= 4 is 40.7 Å². The van der Waals surface area contributed by atoms with E-state index in [4.69, 9.17) is 38.3 Å². The molecule has 0 aliphatic rings. The molecule has 0 aromatic heterocycles. The molecule has 0 saturated carbocycles. The molecule has 3 aromatic rings. The van der Waals surface area contributed by atoms with E-state index in [2.05, 4.69) is 10.6 Å². The molecule has 180 valence electrons. The fourth-order valence-corrected chi connectivity index (χ4v) is 3.60. The van der Waals surface area contributed by atoms with Crippen LogP contribution in [0.4, 0.5) is 10.1 Å². The zero-order valence-corrected chi connectivity index (χ0v) is 20.0. The molecule has 0 fully saturated rings. The van der Waals surface area contributed by atoms with Gasteiger partial charge >= 0.3 is 0 Å². The Kier molecular flexibility index (Phi) is 8.66. The number of aliphatic hydroxyl groups excluding tert-OH is 1. The first-order chi connectivity index (χ1) is 16.7. The van der Waals surface area contributed by atoms with Crippen LogP contribution in [0.2, 0.25) is 10.0 Å². The van der Waals surface area contributed by atoms with Crippen LogP contribution < -0.4 is 15.4 Å². The normalized spacial score (nSPS) is 10.4. The van der Waals surface area contributed by atoms with Crippen molar-refractivity contribution in [1.82, 2.24) is 5.32 Å². The number of benzene rings is 3. The molecule has 10 heteroatoms. The zero-order chi connectivity index (χ0) is 25.5. The number of aryl methyl sites for hydroxylation is 1. The Hall–Kier alpha value is -3.64. The zero-order valence-electron chi connectivity index (χ0n) is 18.5. The summed E-state index contributed by atoms with van der Waals surface area (Å²) in [5.74, 6) is -1.84. The summed E-state index contributed by atoms with van der Waals surface area (Å²) in [6.45, 7) is 1.67. The number of hydrogen-bond acceptors (Lipinski definition) is 5. The van der Waals surface area contributed by atoms with Crippen LogP contribution in [0.5, 0.6) is 11.5 Å². The monoisotopic (exact) mass is 515 g/mol. The number of aliphatic hydroxyl groups is 1. The number of hydrogen-bond donors (Lipinski definition) is 3. The molecule has 0 heterocycles. The van der Waals surface area contributed by atoms with E-state index in [0.29, 0.717) is 16.8 Å². The molecule has 7 nitrogen and oxygen atoms in total. The number of carbonyl (C=O) groups excluding carboxylic acids is 2. The maximum atomic E-state index is 15.2. The Morgan fingerprint density at radius 3 is 2.60 bits per heavy atom. The third kappa shape index (κ3) is 6.70. The van der Waals surface area contributed by atoms with E-state index in [-0.39, 0.29) is 58.2 Å². The van der Waals surface area contributed by atoms with E-state index in [1.165, 1.54) is 36.4 Å². The highest BCUT2D eigenvalue weighted by molar-refractivity contribution is 6.32. The van der Waals surface area contributed by atoms with Gasteiger partial charge in [-0.15, -0.1) is 0 Å². The quantitative estimate of drug-likeness (QED) is 0.390. The lowest BCUT2D eigenvalue weighted by atomic mass is 10.1. The van der Waals surface area contributed by atoms with Crippen LogP contribution in [0.25, 0.3) is 0 Å². The summed E-state index contributed by atoms with van der Waals surface area (Å²) in [5.41, 5.74) is 1.74. The average Bonchev–Trinajstić information content (AvgIpc) is 2.82. The lowest BCUT2D eigenvalue weighted by molar-refractivity contribution is -0.115. The van der Waals surface area contributed by atoms with Gasteiger partial charge in [0, 0.05) is 28.4 Å². The fourth-order valence-electron chi connectivity index (χ4n) is 3.19. The van der Waals surface area contributed by atoms with Crippen molar-refractivity contribution in [1.29, 1.82) is 5.26 Å². The number of nitrogens with one attached hydrogen (secondary N) is 2. The van der Waals surface area contributed by atoms with Crippen LogP contribution in [-0.4, -0.2) is 30.1 Å². The van der Waals surface area contributed by atoms with Crippen LogP contribution in [0.15, 0.2) is 48.5 Å². The number of nitriles is 1. The lowest BCUT2D eigenvalue weighted by Crippen LogP contribution is -2.26. The molecule has 0 radical (unpaired) electrons. The summed E-state index contributed by atoms with van der Waals surface area (Å²) in [6.07, 6.45) is -0.309. The van der Waals surface area contributed by atoms with Gasteiger partial charge in [-0.05, 0) is 55.0 Å². The second kappa shape index (κ2) is 11.7. The highest BCUT2D eigenvalue weighted by Gasteiger charge is 2.18. The molecule has 0 saturated heterocycles. The molecular weight excluding hydrogens is 496 g/mol.